The Balaban J connectivity index is 1.69. The summed E-state index contributed by atoms with van der Waals surface area (Å²) in [5.74, 6) is 0.974. The van der Waals surface area contributed by atoms with Crippen LogP contribution < -0.4 is 10.9 Å². The third kappa shape index (κ3) is 3.13. The number of nitrogens with one attached hydrogen (secondary N) is 1. The molecular formula is C14H16N4O2S. The molecule has 1 atom stereocenters. The summed E-state index contributed by atoms with van der Waals surface area (Å²) in [6, 6.07) is 5.57. The van der Waals surface area contributed by atoms with Gasteiger partial charge in [0.25, 0.3) is 5.56 Å². The largest absolute Gasteiger partial charge is 0.469 e. The molecular weight excluding hydrogens is 288 g/mol. The third-order valence-corrected chi connectivity index (χ3v) is 3.99. The third-order valence-electron chi connectivity index (χ3n) is 3.15. The van der Waals surface area contributed by atoms with E-state index < -0.39 is 0 Å². The molecule has 3 heterocycles. The number of furan rings is 1. The molecule has 7 heteroatoms. The Bertz CT molecular complexity index is 791. The Morgan fingerprint density at radius 2 is 2.38 bits per heavy atom. The van der Waals surface area contributed by atoms with E-state index in [1.54, 1.807) is 13.2 Å². The van der Waals surface area contributed by atoms with Gasteiger partial charge in [-0.1, -0.05) is 11.3 Å². The van der Waals surface area contributed by atoms with E-state index in [2.05, 4.69) is 22.3 Å². The molecule has 3 aromatic heterocycles. The first-order valence-corrected chi connectivity index (χ1v) is 7.60. The van der Waals surface area contributed by atoms with Crippen LogP contribution in [0.1, 0.15) is 24.8 Å². The number of hydrogen-bond acceptors (Lipinski definition) is 6. The SMILES string of the molecule is Cc1cc(=O)n2nc(N[C@H](C)CCc3ccco3)sc2n1. The first kappa shape index (κ1) is 13.8. The Labute approximate surface area is 125 Å². The second kappa shape index (κ2) is 5.69. The second-order valence-electron chi connectivity index (χ2n) is 5.00. The van der Waals surface area contributed by atoms with Crippen LogP contribution in [-0.2, 0) is 6.42 Å². The van der Waals surface area contributed by atoms with Crippen molar-refractivity contribution in [2.24, 2.45) is 0 Å². The maximum atomic E-state index is 11.8. The van der Waals surface area contributed by atoms with Crippen molar-refractivity contribution in [2.75, 3.05) is 5.32 Å². The van der Waals surface area contributed by atoms with Crippen LogP contribution in [0.4, 0.5) is 5.13 Å². The lowest BCUT2D eigenvalue weighted by molar-refractivity contribution is 0.495. The summed E-state index contributed by atoms with van der Waals surface area (Å²) in [5.41, 5.74) is 0.561. The molecule has 110 valence electrons. The molecule has 3 aromatic rings. The molecule has 0 radical (unpaired) electrons. The lowest BCUT2D eigenvalue weighted by Gasteiger charge is -2.10. The van der Waals surface area contributed by atoms with Crippen LogP contribution >= 0.6 is 11.3 Å². The number of anilines is 1. The summed E-state index contributed by atoms with van der Waals surface area (Å²) in [7, 11) is 0. The number of aryl methyl sites for hydroxylation is 2. The molecule has 0 fully saturated rings. The van der Waals surface area contributed by atoms with Crippen LogP contribution in [0.25, 0.3) is 4.96 Å². The average Bonchev–Trinajstić information content (AvgIpc) is 3.05. The Morgan fingerprint density at radius 3 is 3.14 bits per heavy atom. The monoisotopic (exact) mass is 304 g/mol. The molecule has 0 unspecified atom stereocenters. The van der Waals surface area contributed by atoms with E-state index in [-0.39, 0.29) is 11.6 Å². The van der Waals surface area contributed by atoms with Gasteiger partial charge < -0.3 is 9.73 Å². The maximum absolute atomic E-state index is 11.8. The van der Waals surface area contributed by atoms with Crippen molar-refractivity contribution >= 4 is 21.4 Å². The average molecular weight is 304 g/mol. The fraction of sp³-hybridized carbons (Fsp3) is 0.357. The highest BCUT2D eigenvalue weighted by molar-refractivity contribution is 7.20. The van der Waals surface area contributed by atoms with E-state index in [1.807, 2.05) is 12.1 Å². The van der Waals surface area contributed by atoms with Gasteiger partial charge in [-0.05, 0) is 32.4 Å². The summed E-state index contributed by atoms with van der Waals surface area (Å²) in [5, 5.41) is 8.28. The zero-order valence-electron chi connectivity index (χ0n) is 11.9. The van der Waals surface area contributed by atoms with Gasteiger partial charge in [-0.25, -0.2) is 4.98 Å². The molecule has 0 aliphatic carbocycles. The predicted molar refractivity (Wildman–Crippen MR) is 82.0 cm³/mol. The number of fused-ring (bicyclic) bond motifs is 1. The normalized spacial score (nSPS) is 12.7. The fourth-order valence-corrected chi connectivity index (χ4v) is 3.04. The fourth-order valence-electron chi connectivity index (χ4n) is 2.08. The van der Waals surface area contributed by atoms with Gasteiger partial charge >= 0.3 is 0 Å². The molecule has 6 nitrogen and oxygen atoms in total. The van der Waals surface area contributed by atoms with Gasteiger partial charge in [-0.15, -0.1) is 5.10 Å². The minimum Gasteiger partial charge on any atom is -0.469 e. The van der Waals surface area contributed by atoms with Gasteiger partial charge in [0.1, 0.15) is 5.76 Å². The Kier molecular flexibility index (Phi) is 3.74. The zero-order chi connectivity index (χ0) is 14.8. The molecule has 0 bridgehead atoms. The van der Waals surface area contributed by atoms with Gasteiger partial charge in [0.15, 0.2) is 0 Å². The van der Waals surface area contributed by atoms with Crippen LogP contribution in [0.15, 0.2) is 33.7 Å². The smallest absolute Gasteiger partial charge is 0.275 e. The van der Waals surface area contributed by atoms with E-state index in [0.717, 1.165) is 18.6 Å². The van der Waals surface area contributed by atoms with Crippen LogP contribution in [0, 0.1) is 6.92 Å². The Morgan fingerprint density at radius 1 is 1.52 bits per heavy atom. The number of rotatable bonds is 5. The van der Waals surface area contributed by atoms with Crippen molar-refractivity contribution in [3.63, 3.8) is 0 Å². The summed E-state index contributed by atoms with van der Waals surface area (Å²) < 4.78 is 6.65. The first-order chi connectivity index (χ1) is 10.1. The quantitative estimate of drug-likeness (QED) is 0.784. The highest BCUT2D eigenvalue weighted by Crippen LogP contribution is 2.18. The summed E-state index contributed by atoms with van der Waals surface area (Å²) >= 11 is 1.38. The van der Waals surface area contributed by atoms with E-state index in [9.17, 15) is 4.79 Å². The standard InChI is InChI=1S/C14H16N4O2S/c1-9(5-6-11-4-3-7-20-11)15-13-17-18-12(19)8-10(2)16-14(18)21-13/h3-4,7-9H,5-6H2,1-2H3,(H,15,17)/t9-/m1/s1. The van der Waals surface area contributed by atoms with Crippen molar-refractivity contribution in [3.8, 4) is 0 Å². The Hall–Kier alpha value is -2.15. The van der Waals surface area contributed by atoms with Gasteiger partial charge in [0, 0.05) is 24.2 Å². The number of aromatic nitrogens is 3. The van der Waals surface area contributed by atoms with Crippen LogP contribution in [0.2, 0.25) is 0 Å². The molecule has 0 aliphatic heterocycles. The van der Waals surface area contributed by atoms with Gasteiger partial charge in [-0.3, -0.25) is 4.79 Å². The van der Waals surface area contributed by atoms with Crippen molar-refractivity contribution < 1.29 is 4.42 Å². The lowest BCUT2D eigenvalue weighted by atomic mass is 10.1. The van der Waals surface area contributed by atoms with E-state index in [4.69, 9.17) is 4.42 Å². The van der Waals surface area contributed by atoms with Crippen molar-refractivity contribution in [2.45, 2.75) is 32.7 Å². The number of hydrogen-bond donors (Lipinski definition) is 1. The molecule has 3 rings (SSSR count). The first-order valence-electron chi connectivity index (χ1n) is 6.78. The van der Waals surface area contributed by atoms with Gasteiger partial charge in [0.05, 0.1) is 6.26 Å². The molecule has 1 N–H and O–H groups in total. The maximum Gasteiger partial charge on any atom is 0.275 e. The molecule has 0 aromatic carbocycles. The summed E-state index contributed by atoms with van der Waals surface area (Å²) in [6.45, 7) is 3.89. The van der Waals surface area contributed by atoms with E-state index in [1.165, 1.54) is 21.9 Å². The molecule has 0 amide bonds. The van der Waals surface area contributed by atoms with Crippen molar-refractivity contribution in [1.29, 1.82) is 0 Å². The van der Waals surface area contributed by atoms with Crippen LogP contribution in [-0.4, -0.2) is 20.6 Å². The lowest BCUT2D eigenvalue weighted by Crippen LogP contribution is -2.17. The van der Waals surface area contributed by atoms with Crippen molar-refractivity contribution in [1.82, 2.24) is 14.6 Å². The van der Waals surface area contributed by atoms with E-state index in [0.29, 0.717) is 15.8 Å². The molecule has 0 saturated carbocycles. The molecule has 21 heavy (non-hydrogen) atoms. The van der Waals surface area contributed by atoms with E-state index >= 15 is 0 Å². The predicted octanol–water partition coefficient (Wildman–Crippen LogP) is 2.49. The molecule has 0 aliphatic rings. The highest BCUT2D eigenvalue weighted by Gasteiger charge is 2.10. The number of nitrogens with zero attached hydrogens (tertiary/aromatic N) is 3. The van der Waals surface area contributed by atoms with Crippen LogP contribution in [0.3, 0.4) is 0 Å². The minimum atomic E-state index is -0.148. The summed E-state index contributed by atoms with van der Waals surface area (Å²) in [6.07, 6.45) is 3.47. The topological polar surface area (TPSA) is 72.4 Å². The van der Waals surface area contributed by atoms with Crippen LogP contribution in [0.5, 0.6) is 0 Å². The van der Waals surface area contributed by atoms with Crippen molar-refractivity contribution in [3.05, 3.63) is 46.3 Å². The second-order valence-corrected chi connectivity index (χ2v) is 5.96. The highest BCUT2D eigenvalue weighted by atomic mass is 32.1. The summed E-state index contributed by atoms with van der Waals surface area (Å²) in [4.78, 5) is 16.7. The van der Waals surface area contributed by atoms with Gasteiger partial charge in [-0.2, -0.15) is 4.52 Å². The zero-order valence-corrected chi connectivity index (χ0v) is 12.7. The molecule has 0 saturated heterocycles. The van der Waals surface area contributed by atoms with Gasteiger partial charge in [0.2, 0.25) is 10.1 Å². The minimum absolute atomic E-state index is 0.148. The molecule has 0 spiro atoms.